The fraction of sp³-hybridized carbons (Fsp3) is 0.217. The van der Waals surface area contributed by atoms with Crippen LogP contribution in [0.5, 0.6) is 0 Å². The molecule has 5 rings (SSSR count). The highest BCUT2D eigenvalue weighted by atomic mass is 35.5. The zero-order valence-electron chi connectivity index (χ0n) is 17.0. The van der Waals surface area contributed by atoms with E-state index in [4.69, 9.17) is 16.0 Å². The summed E-state index contributed by atoms with van der Waals surface area (Å²) in [5.74, 6) is 1.14. The molecule has 1 aliphatic carbocycles. The maximum Gasteiger partial charge on any atom is 0.249 e. The summed E-state index contributed by atoms with van der Waals surface area (Å²) in [4.78, 5) is 19.5. The van der Waals surface area contributed by atoms with Crippen molar-refractivity contribution in [1.29, 1.82) is 0 Å². The fourth-order valence-corrected chi connectivity index (χ4v) is 5.22. The number of hydrogen-bond donors (Lipinski definition) is 0. The van der Waals surface area contributed by atoms with Gasteiger partial charge in [0.25, 0.3) is 0 Å². The summed E-state index contributed by atoms with van der Waals surface area (Å²) in [6, 6.07) is 17.6. The highest BCUT2D eigenvalue weighted by Gasteiger charge is 2.33. The molecular formula is C23H19ClN4O2S2. The lowest BCUT2D eigenvalue weighted by Crippen LogP contribution is -2.34. The quantitative estimate of drug-likeness (QED) is 0.296. The van der Waals surface area contributed by atoms with Gasteiger partial charge in [0.1, 0.15) is 0 Å². The van der Waals surface area contributed by atoms with Gasteiger partial charge in [0.05, 0.1) is 28.6 Å². The van der Waals surface area contributed by atoms with Crippen molar-refractivity contribution in [3.05, 3.63) is 70.9 Å². The zero-order valence-corrected chi connectivity index (χ0v) is 19.4. The largest absolute Gasteiger partial charge is 0.419 e. The summed E-state index contributed by atoms with van der Waals surface area (Å²) in [6.45, 7) is 0.300. The van der Waals surface area contributed by atoms with Crippen molar-refractivity contribution in [2.75, 3.05) is 5.75 Å². The van der Waals surface area contributed by atoms with E-state index in [9.17, 15) is 4.79 Å². The molecule has 2 heterocycles. The average Bonchev–Trinajstić information content (AvgIpc) is 3.36. The Labute approximate surface area is 198 Å². The van der Waals surface area contributed by atoms with Crippen LogP contribution in [0.25, 0.3) is 22.7 Å². The van der Waals surface area contributed by atoms with Crippen LogP contribution in [0.3, 0.4) is 0 Å². The van der Waals surface area contributed by atoms with Crippen molar-refractivity contribution in [2.45, 2.75) is 29.8 Å². The maximum atomic E-state index is 13.0. The Morgan fingerprint density at radius 1 is 1.12 bits per heavy atom. The van der Waals surface area contributed by atoms with Gasteiger partial charge < -0.3 is 9.32 Å². The third kappa shape index (κ3) is 4.87. The molecule has 4 aromatic rings. The summed E-state index contributed by atoms with van der Waals surface area (Å²) in [5.41, 5.74) is 2.69. The molecule has 1 fully saturated rings. The molecule has 162 valence electrons. The van der Waals surface area contributed by atoms with Crippen LogP contribution in [0.1, 0.15) is 18.7 Å². The summed E-state index contributed by atoms with van der Waals surface area (Å²) < 4.78 is 6.69. The molecule has 0 aliphatic heterocycles. The minimum absolute atomic E-state index is 0.0476. The first-order chi connectivity index (χ1) is 15.7. The van der Waals surface area contributed by atoms with E-state index in [1.807, 2.05) is 58.8 Å². The van der Waals surface area contributed by atoms with Crippen molar-refractivity contribution in [3.8, 4) is 22.7 Å². The first kappa shape index (κ1) is 21.2. The molecule has 32 heavy (non-hydrogen) atoms. The Bertz CT molecular complexity index is 1220. The molecule has 0 saturated heterocycles. The topological polar surface area (TPSA) is 72.1 Å². The number of hydrogen-bond acceptors (Lipinski definition) is 7. The van der Waals surface area contributed by atoms with Crippen LogP contribution in [0.15, 0.2) is 68.7 Å². The maximum absolute atomic E-state index is 13.0. The lowest BCUT2D eigenvalue weighted by atomic mass is 10.2. The van der Waals surface area contributed by atoms with Crippen LogP contribution >= 0.6 is 34.7 Å². The Hall–Kier alpha value is -2.68. The van der Waals surface area contributed by atoms with E-state index in [0.29, 0.717) is 34.7 Å². The summed E-state index contributed by atoms with van der Waals surface area (Å²) >= 11 is 9.25. The van der Waals surface area contributed by atoms with Gasteiger partial charge in [-0.25, -0.2) is 4.98 Å². The first-order valence-corrected chi connectivity index (χ1v) is 12.4. The summed E-state index contributed by atoms with van der Waals surface area (Å²) in [5, 5.41) is 10.8. The van der Waals surface area contributed by atoms with E-state index in [2.05, 4.69) is 15.2 Å². The molecule has 0 bridgehead atoms. The Balaban J connectivity index is 1.23. The van der Waals surface area contributed by atoms with E-state index >= 15 is 0 Å². The number of carbonyl (C=O) groups excluding carboxylic acids is 1. The monoisotopic (exact) mass is 482 g/mol. The lowest BCUT2D eigenvalue weighted by molar-refractivity contribution is -0.129. The van der Waals surface area contributed by atoms with Gasteiger partial charge in [-0.2, -0.15) is 0 Å². The highest BCUT2D eigenvalue weighted by Crippen LogP contribution is 2.32. The van der Waals surface area contributed by atoms with E-state index in [1.54, 1.807) is 17.4 Å². The van der Waals surface area contributed by atoms with Crippen molar-refractivity contribution >= 4 is 40.6 Å². The second-order valence-electron chi connectivity index (χ2n) is 7.39. The molecule has 0 N–H and O–H groups in total. The number of benzene rings is 2. The molecular weight excluding hydrogens is 464 g/mol. The first-order valence-electron chi connectivity index (χ1n) is 10.2. The minimum atomic E-state index is 0.0476. The molecule has 1 aliphatic rings. The van der Waals surface area contributed by atoms with Gasteiger partial charge in [-0.15, -0.1) is 21.5 Å². The molecule has 1 saturated carbocycles. The molecule has 0 atom stereocenters. The predicted molar refractivity (Wildman–Crippen MR) is 127 cm³/mol. The molecule has 6 nitrogen and oxygen atoms in total. The molecule has 1 amide bonds. The third-order valence-electron chi connectivity index (χ3n) is 5.06. The van der Waals surface area contributed by atoms with Crippen molar-refractivity contribution < 1.29 is 9.21 Å². The normalized spacial score (nSPS) is 13.3. The van der Waals surface area contributed by atoms with E-state index in [0.717, 1.165) is 28.4 Å². The number of halogens is 1. The summed E-state index contributed by atoms with van der Waals surface area (Å²) in [6.07, 6.45) is 1.99. The molecule has 2 aromatic heterocycles. The van der Waals surface area contributed by atoms with Crippen LogP contribution < -0.4 is 0 Å². The van der Waals surface area contributed by atoms with Crippen LogP contribution in [0, 0.1) is 0 Å². The number of nitrogens with zero attached hydrogens (tertiary/aromatic N) is 4. The summed E-state index contributed by atoms with van der Waals surface area (Å²) in [7, 11) is 0. The number of thioether (sulfide) groups is 1. The standard InChI is InChI=1S/C23H19ClN4O2S2/c24-18-9-5-4-8-17(18)22-27-26-20(30-22)12-28(16-10-11-16)21(29)14-32-23-25-19(13-31-23)15-6-2-1-3-7-15/h1-9,13,16H,10-12,14H2. The van der Waals surface area contributed by atoms with Crippen LogP contribution in [-0.2, 0) is 11.3 Å². The molecule has 2 aromatic carbocycles. The van der Waals surface area contributed by atoms with Crippen LogP contribution in [-0.4, -0.2) is 37.8 Å². The van der Waals surface area contributed by atoms with Crippen molar-refractivity contribution in [3.63, 3.8) is 0 Å². The minimum Gasteiger partial charge on any atom is -0.419 e. The second kappa shape index (κ2) is 9.44. The molecule has 0 unspecified atom stereocenters. The Morgan fingerprint density at radius 2 is 1.91 bits per heavy atom. The van der Waals surface area contributed by atoms with Gasteiger partial charge in [-0.05, 0) is 25.0 Å². The lowest BCUT2D eigenvalue weighted by Gasteiger charge is -2.20. The molecule has 0 radical (unpaired) electrons. The predicted octanol–water partition coefficient (Wildman–Crippen LogP) is 5.80. The third-order valence-corrected chi connectivity index (χ3v) is 7.39. The average molecular weight is 483 g/mol. The van der Waals surface area contributed by atoms with E-state index in [1.165, 1.54) is 11.8 Å². The van der Waals surface area contributed by atoms with Gasteiger partial charge >= 0.3 is 0 Å². The number of aromatic nitrogens is 3. The number of amides is 1. The number of carbonyl (C=O) groups is 1. The van der Waals surface area contributed by atoms with Crippen LogP contribution in [0.2, 0.25) is 5.02 Å². The van der Waals surface area contributed by atoms with E-state index < -0.39 is 0 Å². The van der Waals surface area contributed by atoms with Gasteiger partial charge in [-0.3, -0.25) is 4.79 Å². The van der Waals surface area contributed by atoms with Crippen molar-refractivity contribution in [2.24, 2.45) is 0 Å². The zero-order chi connectivity index (χ0) is 21.9. The van der Waals surface area contributed by atoms with Gasteiger partial charge in [0.15, 0.2) is 4.34 Å². The fourth-order valence-electron chi connectivity index (χ4n) is 3.29. The highest BCUT2D eigenvalue weighted by molar-refractivity contribution is 8.01. The van der Waals surface area contributed by atoms with Crippen molar-refractivity contribution in [1.82, 2.24) is 20.1 Å². The van der Waals surface area contributed by atoms with Crippen LogP contribution in [0.4, 0.5) is 0 Å². The van der Waals surface area contributed by atoms with Gasteiger partial charge in [0, 0.05) is 17.0 Å². The van der Waals surface area contributed by atoms with Gasteiger partial charge in [-0.1, -0.05) is 65.8 Å². The van der Waals surface area contributed by atoms with Gasteiger partial charge in [0.2, 0.25) is 17.7 Å². The number of rotatable bonds is 8. The SMILES string of the molecule is O=C(CSc1nc(-c2ccccc2)cs1)N(Cc1nnc(-c2ccccc2Cl)o1)C1CC1. The number of thiazole rings is 1. The molecule has 9 heteroatoms. The Kier molecular flexibility index (Phi) is 6.25. The smallest absolute Gasteiger partial charge is 0.249 e. The Morgan fingerprint density at radius 3 is 2.69 bits per heavy atom. The second-order valence-corrected chi connectivity index (χ2v) is 9.87. The molecule has 0 spiro atoms. The van der Waals surface area contributed by atoms with E-state index in [-0.39, 0.29) is 11.9 Å².